The zero-order chi connectivity index (χ0) is 22.0. The molecule has 2 heterocycles. The van der Waals surface area contributed by atoms with E-state index in [0.29, 0.717) is 30.0 Å². The summed E-state index contributed by atoms with van der Waals surface area (Å²) in [5.74, 6) is -0.600. The normalized spacial score (nSPS) is 15.2. The third-order valence-corrected chi connectivity index (χ3v) is 7.34. The molecular weight excluding hydrogens is 443 g/mol. The third-order valence-electron chi connectivity index (χ3n) is 5.14. The maximum absolute atomic E-state index is 13.1. The summed E-state index contributed by atoms with van der Waals surface area (Å²) in [5.41, 5.74) is 1.18. The summed E-state index contributed by atoms with van der Waals surface area (Å²) in [4.78, 5) is 14.5. The van der Waals surface area contributed by atoms with Gasteiger partial charge in [0.25, 0.3) is 5.56 Å². The number of rotatable bonds is 5. The Hall–Kier alpha value is -2.75. The molecule has 10 heteroatoms. The molecule has 2 aromatic carbocycles. The minimum absolute atomic E-state index is 0.0430. The minimum atomic E-state index is -3.55. The van der Waals surface area contributed by atoms with Crippen LogP contribution < -0.4 is 10.5 Å². The van der Waals surface area contributed by atoms with Crippen LogP contribution in [0.5, 0.6) is 0 Å². The van der Waals surface area contributed by atoms with E-state index < -0.39 is 21.4 Å². The molecule has 31 heavy (non-hydrogen) atoms. The molecule has 0 saturated carbocycles. The largest absolute Gasteiger partial charge is 0.366 e. The summed E-state index contributed by atoms with van der Waals surface area (Å²) in [5, 5.41) is 4.27. The molecule has 0 unspecified atom stereocenters. The number of halogens is 2. The zero-order valence-electron chi connectivity index (χ0n) is 16.5. The van der Waals surface area contributed by atoms with Crippen LogP contribution in [-0.2, 0) is 15.8 Å². The standard InChI is InChI=1S/C21H20ClFN4O3S/c22-20-19(14-24-27(21(20)28)18-4-2-1-3-5-18)25-10-12-26(13-11-25)31(29,30)15-16-6-8-17(23)9-7-16/h1-9,14H,10-13,15H2. The Bertz CT molecular complexity index is 1230. The van der Waals surface area contributed by atoms with E-state index in [1.165, 1.54) is 39.4 Å². The van der Waals surface area contributed by atoms with Crippen LogP contribution in [0.25, 0.3) is 5.69 Å². The molecule has 0 radical (unpaired) electrons. The number of benzene rings is 2. The van der Waals surface area contributed by atoms with Crippen molar-refractivity contribution in [1.29, 1.82) is 0 Å². The first-order valence-corrected chi connectivity index (χ1v) is 11.6. The van der Waals surface area contributed by atoms with Crippen LogP contribution in [0.3, 0.4) is 0 Å². The maximum Gasteiger partial charge on any atom is 0.292 e. The number of nitrogens with zero attached hydrogens (tertiary/aromatic N) is 4. The fourth-order valence-electron chi connectivity index (χ4n) is 3.49. The lowest BCUT2D eigenvalue weighted by molar-refractivity contribution is 0.384. The van der Waals surface area contributed by atoms with E-state index in [9.17, 15) is 17.6 Å². The second-order valence-electron chi connectivity index (χ2n) is 7.17. The van der Waals surface area contributed by atoms with Gasteiger partial charge in [0.15, 0.2) is 0 Å². The topological polar surface area (TPSA) is 75.5 Å². The first kappa shape index (κ1) is 21.5. The molecule has 3 aromatic rings. The second-order valence-corrected chi connectivity index (χ2v) is 9.51. The Morgan fingerprint density at radius 1 is 0.968 bits per heavy atom. The molecule has 1 aromatic heterocycles. The summed E-state index contributed by atoms with van der Waals surface area (Å²) in [6.45, 7) is 1.25. The number of aromatic nitrogens is 2. The predicted molar refractivity (Wildman–Crippen MR) is 118 cm³/mol. The monoisotopic (exact) mass is 462 g/mol. The summed E-state index contributed by atoms with van der Waals surface area (Å²) < 4.78 is 41.1. The molecule has 0 spiro atoms. The van der Waals surface area contributed by atoms with E-state index in [1.54, 1.807) is 24.3 Å². The molecule has 1 aliphatic heterocycles. The van der Waals surface area contributed by atoms with Gasteiger partial charge in [0, 0.05) is 26.2 Å². The van der Waals surface area contributed by atoms with Gasteiger partial charge in [0.1, 0.15) is 10.8 Å². The number of sulfonamides is 1. The average molecular weight is 463 g/mol. The van der Waals surface area contributed by atoms with Gasteiger partial charge in [-0.1, -0.05) is 41.9 Å². The summed E-state index contributed by atoms with van der Waals surface area (Å²) in [6, 6.07) is 14.4. The molecule has 1 fully saturated rings. The van der Waals surface area contributed by atoms with Gasteiger partial charge in [0.05, 0.1) is 23.3 Å². The molecule has 1 aliphatic rings. The van der Waals surface area contributed by atoms with Gasteiger partial charge in [-0.05, 0) is 29.8 Å². The molecule has 7 nitrogen and oxygen atoms in total. The Kier molecular flexibility index (Phi) is 6.08. The molecule has 162 valence electrons. The van der Waals surface area contributed by atoms with Crippen molar-refractivity contribution in [3.63, 3.8) is 0 Å². The molecule has 0 bridgehead atoms. The lowest BCUT2D eigenvalue weighted by Crippen LogP contribution is -2.49. The minimum Gasteiger partial charge on any atom is -0.366 e. The van der Waals surface area contributed by atoms with Crippen LogP contribution in [0.2, 0.25) is 5.02 Å². The number of piperazine rings is 1. The Labute approximate surface area is 184 Å². The highest BCUT2D eigenvalue weighted by Gasteiger charge is 2.28. The van der Waals surface area contributed by atoms with Crippen LogP contribution >= 0.6 is 11.6 Å². The number of hydrogen-bond acceptors (Lipinski definition) is 5. The molecule has 4 rings (SSSR count). The fraction of sp³-hybridized carbons (Fsp3) is 0.238. The molecule has 0 N–H and O–H groups in total. The highest BCUT2D eigenvalue weighted by atomic mass is 35.5. The van der Waals surface area contributed by atoms with Gasteiger partial charge >= 0.3 is 0 Å². The van der Waals surface area contributed by atoms with Crippen molar-refractivity contribution in [2.75, 3.05) is 31.1 Å². The Balaban J connectivity index is 1.47. The molecule has 0 atom stereocenters. The predicted octanol–water partition coefficient (Wildman–Crippen LogP) is 2.68. The fourth-order valence-corrected chi connectivity index (χ4v) is 5.25. The number of para-hydroxylation sites is 1. The van der Waals surface area contributed by atoms with Crippen molar-refractivity contribution >= 4 is 27.3 Å². The number of anilines is 1. The Morgan fingerprint density at radius 3 is 2.26 bits per heavy atom. The number of hydrogen-bond donors (Lipinski definition) is 0. The highest BCUT2D eigenvalue weighted by Crippen LogP contribution is 2.24. The van der Waals surface area contributed by atoms with E-state index in [2.05, 4.69) is 5.10 Å². The lowest BCUT2D eigenvalue weighted by atomic mass is 10.2. The first-order valence-electron chi connectivity index (χ1n) is 9.65. The quantitative estimate of drug-likeness (QED) is 0.582. The molecule has 0 aliphatic carbocycles. The van der Waals surface area contributed by atoms with E-state index in [0.717, 1.165) is 0 Å². The highest BCUT2D eigenvalue weighted by molar-refractivity contribution is 7.88. The zero-order valence-corrected chi connectivity index (χ0v) is 18.1. The average Bonchev–Trinajstić information content (AvgIpc) is 2.78. The second kappa shape index (κ2) is 8.78. The van der Waals surface area contributed by atoms with Crippen LogP contribution in [-0.4, -0.2) is 48.7 Å². The summed E-state index contributed by atoms with van der Waals surface area (Å²) in [6.07, 6.45) is 1.53. The molecule has 0 amide bonds. The molecular formula is C21H20ClFN4O3S. The van der Waals surface area contributed by atoms with Crippen molar-refractivity contribution in [1.82, 2.24) is 14.1 Å². The van der Waals surface area contributed by atoms with Crippen molar-refractivity contribution in [3.8, 4) is 5.69 Å². The van der Waals surface area contributed by atoms with E-state index in [1.807, 2.05) is 11.0 Å². The van der Waals surface area contributed by atoms with E-state index in [4.69, 9.17) is 11.6 Å². The third kappa shape index (κ3) is 4.63. The van der Waals surface area contributed by atoms with Gasteiger partial charge in [-0.3, -0.25) is 4.79 Å². The van der Waals surface area contributed by atoms with Crippen molar-refractivity contribution < 1.29 is 12.8 Å². The molecule has 1 saturated heterocycles. The van der Waals surface area contributed by atoms with Crippen molar-refractivity contribution in [3.05, 3.63) is 87.6 Å². The lowest BCUT2D eigenvalue weighted by Gasteiger charge is -2.35. The van der Waals surface area contributed by atoms with Crippen LogP contribution in [0, 0.1) is 5.82 Å². The first-order chi connectivity index (χ1) is 14.8. The smallest absolute Gasteiger partial charge is 0.292 e. The Morgan fingerprint density at radius 2 is 1.61 bits per heavy atom. The van der Waals surface area contributed by atoms with E-state index >= 15 is 0 Å². The summed E-state index contributed by atoms with van der Waals surface area (Å²) in [7, 11) is -3.55. The maximum atomic E-state index is 13.1. The van der Waals surface area contributed by atoms with E-state index in [-0.39, 0.29) is 23.9 Å². The van der Waals surface area contributed by atoms with Crippen LogP contribution in [0.1, 0.15) is 5.56 Å². The van der Waals surface area contributed by atoms with Crippen LogP contribution in [0.4, 0.5) is 10.1 Å². The van der Waals surface area contributed by atoms with Crippen molar-refractivity contribution in [2.45, 2.75) is 5.75 Å². The van der Waals surface area contributed by atoms with Gasteiger partial charge in [-0.2, -0.15) is 14.1 Å². The van der Waals surface area contributed by atoms with Gasteiger partial charge in [-0.25, -0.2) is 12.8 Å². The SMILES string of the molecule is O=c1c(Cl)c(N2CCN(S(=O)(=O)Cc3ccc(F)cc3)CC2)cnn1-c1ccccc1. The van der Waals surface area contributed by atoms with Gasteiger partial charge in [-0.15, -0.1) is 0 Å². The van der Waals surface area contributed by atoms with Crippen molar-refractivity contribution in [2.24, 2.45) is 0 Å². The van der Waals surface area contributed by atoms with Gasteiger partial charge in [0.2, 0.25) is 10.0 Å². The van der Waals surface area contributed by atoms with Crippen LogP contribution in [0.15, 0.2) is 65.6 Å². The van der Waals surface area contributed by atoms with Gasteiger partial charge < -0.3 is 4.90 Å². The summed E-state index contributed by atoms with van der Waals surface area (Å²) >= 11 is 6.35.